The van der Waals surface area contributed by atoms with Crippen molar-refractivity contribution in [1.29, 1.82) is 0 Å². The van der Waals surface area contributed by atoms with E-state index in [2.05, 4.69) is 65.2 Å². The lowest BCUT2D eigenvalue weighted by atomic mass is 9.98. The van der Waals surface area contributed by atoms with E-state index in [1.165, 1.54) is 5.56 Å². The quantitative estimate of drug-likeness (QED) is 0.566. The van der Waals surface area contributed by atoms with Crippen LogP contribution in [0.2, 0.25) is 0 Å². The van der Waals surface area contributed by atoms with Gasteiger partial charge < -0.3 is 10.6 Å². The second-order valence-electron chi connectivity index (χ2n) is 5.90. The van der Waals surface area contributed by atoms with Crippen molar-refractivity contribution in [3.05, 3.63) is 52.0 Å². The summed E-state index contributed by atoms with van der Waals surface area (Å²) in [6.45, 7) is 8.94. The van der Waals surface area contributed by atoms with E-state index in [0.29, 0.717) is 5.92 Å². The highest BCUT2D eigenvalue weighted by Gasteiger charge is 2.05. The summed E-state index contributed by atoms with van der Waals surface area (Å²) in [7, 11) is 0. The van der Waals surface area contributed by atoms with Gasteiger partial charge in [-0.3, -0.25) is 4.99 Å². The third-order valence-corrected chi connectivity index (χ3v) is 4.71. The van der Waals surface area contributed by atoms with Crippen molar-refractivity contribution in [3.8, 4) is 0 Å². The van der Waals surface area contributed by atoms with E-state index in [1.54, 1.807) is 11.3 Å². The molecular weight excluding hydrogens is 316 g/mol. The van der Waals surface area contributed by atoms with Crippen molar-refractivity contribution in [1.82, 2.24) is 15.6 Å². The first kappa shape index (κ1) is 18.5. The number of aryl methyl sites for hydroxylation is 1. The van der Waals surface area contributed by atoms with Gasteiger partial charge in [-0.1, -0.05) is 37.3 Å². The Hall–Kier alpha value is -1.88. The number of hydrogen-bond donors (Lipinski definition) is 2. The lowest BCUT2D eigenvalue weighted by Crippen LogP contribution is -2.38. The van der Waals surface area contributed by atoms with Gasteiger partial charge in [0.1, 0.15) is 0 Å². The fraction of sp³-hybridized carbons (Fsp3) is 0.474. The van der Waals surface area contributed by atoms with Crippen molar-refractivity contribution < 1.29 is 0 Å². The van der Waals surface area contributed by atoms with Crippen molar-refractivity contribution >= 4 is 17.3 Å². The van der Waals surface area contributed by atoms with E-state index in [4.69, 9.17) is 4.99 Å². The fourth-order valence-electron chi connectivity index (χ4n) is 2.49. The van der Waals surface area contributed by atoms with Gasteiger partial charge in [-0.05, 0) is 31.7 Å². The maximum absolute atomic E-state index is 4.69. The Balaban J connectivity index is 1.77. The zero-order chi connectivity index (χ0) is 17.2. The van der Waals surface area contributed by atoms with Gasteiger partial charge in [0.05, 0.1) is 10.7 Å². The molecule has 24 heavy (non-hydrogen) atoms. The van der Waals surface area contributed by atoms with E-state index < -0.39 is 0 Å². The Kier molecular flexibility index (Phi) is 7.75. The summed E-state index contributed by atoms with van der Waals surface area (Å²) in [6.07, 6.45) is 1.97. The Morgan fingerprint density at radius 3 is 2.71 bits per heavy atom. The second kappa shape index (κ2) is 10.1. The van der Waals surface area contributed by atoms with Gasteiger partial charge in [0.2, 0.25) is 0 Å². The summed E-state index contributed by atoms with van der Waals surface area (Å²) in [5, 5.41) is 9.96. The zero-order valence-electron chi connectivity index (χ0n) is 14.9. The molecule has 0 radical (unpaired) electrons. The largest absolute Gasteiger partial charge is 0.357 e. The molecule has 2 N–H and O–H groups in total. The molecule has 5 heteroatoms. The van der Waals surface area contributed by atoms with Gasteiger partial charge in [-0.2, -0.15) is 0 Å². The van der Waals surface area contributed by atoms with Gasteiger partial charge in [0.15, 0.2) is 5.96 Å². The predicted molar refractivity (Wildman–Crippen MR) is 104 cm³/mol. The van der Waals surface area contributed by atoms with Crippen LogP contribution in [0.15, 0.2) is 40.7 Å². The number of aromatic nitrogens is 1. The summed E-state index contributed by atoms with van der Waals surface area (Å²) in [5.74, 6) is 1.42. The molecule has 2 aromatic rings. The normalized spacial score (nSPS) is 12.9. The molecule has 0 fully saturated rings. The van der Waals surface area contributed by atoms with Crippen molar-refractivity contribution in [3.63, 3.8) is 0 Å². The molecule has 1 aromatic heterocycles. The minimum atomic E-state index is 0.524. The van der Waals surface area contributed by atoms with E-state index in [9.17, 15) is 0 Å². The molecule has 130 valence electrons. The SMILES string of the molecule is CCNC(=NCCC(C)c1ccccc1)NCCc1csc(C)n1. The summed E-state index contributed by atoms with van der Waals surface area (Å²) in [4.78, 5) is 9.18. The Morgan fingerprint density at radius 1 is 1.25 bits per heavy atom. The molecule has 0 amide bonds. The highest BCUT2D eigenvalue weighted by atomic mass is 32.1. The minimum absolute atomic E-state index is 0.524. The third-order valence-electron chi connectivity index (χ3n) is 3.89. The molecule has 0 saturated heterocycles. The number of nitrogens with zero attached hydrogens (tertiary/aromatic N) is 2. The summed E-state index contributed by atoms with van der Waals surface area (Å²) in [6, 6.07) is 10.6. The maximum Gasteiger partial charge on any atom is 0.191 e. The van der Waals surface area contributed by atoms with Gasteiger partial charge in [0, 0.05) is 31.4 Å². The monoisotopic (exact) mass is 344 g/mol. The first-order chi connectivity index (χ1) is 11.7. The first-order valence-corrected chi connectivity index (χ1v) is 9.55. The van der Waals surface area contributed by atoms with Crippen molar-refractivity contribution in [2.24, 2.45) is 4.99 Å². The molecule has 0 aliphatic rings. The number of hydrogen-bond acceptors (Lipinski definition) is 3. The number of aliphatic imine (C=N–C) groups is 1. The molecule has 4 nitrogen and oxygen atoms in total. The predicted octanol–water partition coefficient (Wildman–Crippen LogP) is 3.74. The molecule has 0 bridgehead atoms. The molecule has 1 unspecified atom stereocenters. The smallest absolute Gasteiger partial charge is 0.191 e. The molecular formula is C19H28N4S. The third kappa shape index (κ3) is 6.32. The fourth-order valence-corrected chi connectivity index (χ4v) is 3.14. The van der Waals surface area contributed by atoms with Crippen LogP contribution in [0, 0.1) is 6.92 Å². The summed E-state index contributed by atoms with van der Waals surface area (Å²) < 4.78 is 0. The number of thiazole rings is 1. The lowest BCUT2D eigenvalue weighted by molar-refractivity contribution is 0.683. The highest BCUT2D eigenvalue weighted by Crippen LogP contribution is 2.18. The van der Waals surface area contributed by atoms with Crippen LogP contribution in [0.4, 0.5) is 0 Å². The molecule has 0 aliphatic carbocycles. The van der Waals surface area contributed by atoms with Gasteiger partial charge in [0.25, 0.3) is 0 Å². The van der Waals surface area contributed by atoms with Crippen LogP contribution in [0.3, 0.4) is 0 Å². The van der Waals surface area contributed by atoms with Gasteiger partial charge >= 0.3 is 0 Å². The molecule has 1 aromatic carbocycles. The number of guanidine groups is 1. The molecule has 0 saturated carbocycles. The average Bonchev–Trinajstić information content (AvgIpc) is 3.01. The second-order valence-corrected chi connectivity index (χ2v) is 6.96. The van der Waals surface area contributed by atoms with E-state index in [-0.39, 0.29) is 0 Å². The number of benzene rings is 1. The minimum Gasteiger partial charge on any atom is -0.357 e. The van der Waals surface area contributed by atoms with E-state index in [0.717, 1.165) is 49.1 Å². The topological polar surface area (TPSA) is 49.3 Å². The van der Waals surface area contributed by atoms with Crippen LogP contribution in [0.25, 0.3) is 0 Å². The Labute approximate surface area is 149 Å². The molecule has 0 spiro atoms. The molecule has 2 rings (SSSR count). The zero-order valence-corrected chi connectivity index (χ0v) is 15.7. The summed E-state index contributed by atoms with van der Waals surface area (Å²) >= 11 is 1.70. The number of rotatable bonds is 8. The van der Waals surface area contributed by atoms with Crippen LogP contribution in [0.1, 0.15) is 42.5 Å². The van der Waals surface area contributed by atoms with Gasteiger partial charge in [-0.15, -0.1) is 11.3 Å². The van der Waals surface area contributed by atoms with Crippen molar-refractivity contribution in [2.75, 3.05) is 19.6 Å². The Bertz CT molecular complexity index is 621. The maximum atomic E-state index is 4.69. The van der Waals surface area contributed by atoms with Crippen LogP contribution >= 0.6 is 11.3 Å². The van der Waals surface area contributed by atoms with Crippen molar-refractivity contribution in [2.45, 2.75) is 39.5 Å². The lowest BCUT2D eigenvalue weighted by Gasteiger charge is -2.13. The van der Waals surface area contributed by atoms with Gasteiger partial charge in [-0.25, -0.2) is 4.98 Å². The average molecular weight is 345 g/mol. The van der Waals surface area contributed by atoms with E-state index >= 15 is 0 Å². The van der Waals surface area contributed by atoms with Crippen LogP contribution in [-0.2, 0) is 6.42 Å². The number of nitrogens with one attached hydrogen (secondary N) is 2. The summed E-state index contributed by atoms with van der Waals surface area (Å²) in [5.41, 5.74) is 2.53. The standard InChI is InChI=1S/C19H28N4S/c1-4-20-19(22-13-11-18-14-24-16(3)23-18)21-12-10-15(2)17-8-6-5-7-9-17/h5-9,14-15H,4,10-13H2,1-3H3,(H2,20,21,22). The molecule has 0 aliphatic heterocycles. The molecule has 1 heterocycles. The molecule has 1 atom stereocenters. The van der Waals surface area contributed by atoms with Crippen LogP contribution in [-0.4, -0.2) is 30.6 Å². The first-order valence-electron chi connectivity index (χ1n) is 8.67. The Morgan fingerprint density at radius 2 is 2.04 bits per heavy atom. The highest BCUT2D eigenvalue weighted by molar-refractivity contribution is 7.09. The van der Waals surface area contributed by atoms with Crippen LogP contribution in [0.5, 0.6) is 0 Å². The van der Waals surface area contributed by atoms with E-state index in [1.807, 2.05) is 6.92 Å². The van der Waals surface area contributed by atoms with Crippen LogP contribution < -0.4 is 10.6 Å².